The maximum Gasteiger partial charge on any atom is 0.255 e. The van der Waals surface area contributed by atoms with E-state index < -0.39 is 5.82 Å². The number of hydrogen-bond acceptors (Lipinski definition) is 3. The molecule has 33 heavy (non-hydrogen) atoms. The van der Waals surface area contributed by atoms with E-state index in [1.807, 2.05) is 19.1 Å². The largest absolute Gasteiger partial charge is 0.345 e. The monoisotopic (exact) mass is 447 g/mol. The van der Waals surface area contributed by atoms with Crippen molar-refractivity contribution in [3.63, 3.8) is 0 Å². The summed E-state index contributed by atoms with van der Waals surface area (Å²) in [5.74, 6) is -1.06. The van der Waals surface area contributed by atoms with Crippen LogP contribution in [0.5, 0.6) is 0 Å². The van der Waals surface area contributed by atoms with Crippen molar-refractivity contribution >= 4 is 23.4 Å². The van der Waals surface area contributed by atoms with E-state index in [4.69, 9.17) is 0 Å². The van der Waals surface area contributed by atoms with Crippen LogP contribution in [0.25, 0.3) is 0 Å². The predicted octanol–water partition coefficient (Wildman–Crippen LogP) is 4.44. The first-order valence-corrected chi connectivity index (χ1v) is 10.6. The minimum atomic E-state index is -0.419. The molecule has 1 N–H and O–H groups in total. The molecule has 0 saturated heterocycles. The maximum absolute atomic E-state index is 13.1. The van der Waals surface area contributed by atoms with Gasteiger partial charge in [-0.15, -0.1) is 0 Å². The van der Waals surface area contributed by atoms with Crippen molar-refractivity contribution in [2.24, 2.45) is 0 Å². The Morgan fingerprint density at radius 2 is 1.45 bits per heavy atom. The molecular formula is C26H26FN3O3. The Morgan fingerprint density at radius 1 is 0.818 bits per heavy atom. The number of carbonyl (C=O) groups is 3. The Hall–Kier alpha value is -4.00. The molecule has 7 heteroatoms. The van der Waals surface area contributed by atoms with Crippen molar-refractivity contribution < 1.29 is 18.8 Å². The fraction of sp³-hybridized carbons (Fsp3) is 0.192. The van der Waals surface area contributed by atoms with Crippen LogP contribution in [0, 0.1) is 5.82 Å². The number of nitrogens with zero attached hydrogens (tertiary/aromatic N) is 2. The van der Waals surface area contributed by atoms with Gasteiger partial charge in [0.1, 0.15) is 5.82 Å². The lowest BCUT2D eigenvalue weighted by molar-refractivity contribution is 0.0751. The molecule has 0 fully saturated rings. The Kier molecular flexibility index (Phi) is 7.56. The minimum absolute atomic E-state index is 0.0792. The van der Waals surface area contributed by atoms with Crippen molar-refractivity contribution in [3.05, 3.63) is 101 Å². The fourth-order valence-electron chi connectivity index (χ4n) is 3.28. The summed E-state index contributed by atoms with van der Waals surface area (Å²) in [5.41, 5.74) is 2.72. The van der Waals surface area contributed by atoms with E-state index in [9.17, 15) is 18.8 Å². The van der Waals surface area contributed by atoms with Crippen LogP contribution in [-0.2, 0) is 6.54 Å². The van der Waals surface area contributed by atoms with Gasteiger partial charge in [0.25, 0.3) is 17.7 Å². The van der Waals surface area contributed by atoms with Crippen LogP contribution < -0.4 is 5.32 Å². The highest BCUT2D eigenvalue weighted by molar-refractivity contribution is 6.05. The summed E-state index contributed by atoms with van der Waals surface area (Å²) in [6.45, 7) is 2.77. The summed E-state index contributed by atoms with van der Waals surface area (Å²) >= 11 is 0. The number of benzene rings is 3. The van der Waals surface area contributed by atoms with Crippen LogP contribution in [0.4, 0.5) is 10.1 Å². The number of hydrogen-bond donors (Lipinski definition) is 1. The molecule has 0 spiro atoms. The summed E-state index contributed by atoms with van der Waals surface area (Å²) in [7, 11) is 3.40. The molecule has 0 heterocycles. The molecule has 0 aromatic heterocycles. The molecule has 3 aromatic rings. The number of amides is 3. The Morgan fingerprint density at radius 3 is 2.06 bits per heavy atom. The number of nitrogens with one attached hydrogen (secondary N) is 1. The van der Waals surface area contributed by atoms with Crippen molar-refractivity contribution in [2.45, 2.75) is 13.5 Å². The standard InChI is InChI=1S/C26H26FN3O3/c1-4-30(17-18-8-10-20(11-9-18)25(32)29(2)3)26(33)21-6-5-7-23(16-21)28-24(31)19-12-14-22(27)15-13-19/h5-16H,4,17H2,1-3H3,(H,28,31). The van der Waals surface area contributed by atoms with E-state index in [1.165, 1.54) is 29.2 Å². The highest BCUT2D eigenvalue weighted by Gasteiger charge is 2.16. The molecule has 0 unspecified atom stereocenters. The van der Waals surface area contributed by atoms with E-state index in [2.05, 4.69) is 5.32 Å². The van der Waals surface area contributed by atoms with E-state index in [1.54, 1.807) is 55.4 Å². The van der Waals surface area contributed by atoms with Gasteiger partial charge < -0.3 is 15.1 Å². The van der Waals surface area contributed by atoms with Gasteiger partial charge in [-0.05, 0) is 67.1 Å². The highest BCUT2D eigenvalue weighted by Crippen LogP contribution is 2.17. The molecule has 0 atom stereocenters. The maximum atomic E-state index is 13.1. The molecule has 0 aliphatic carbocycles. The third kappa shape index (κ3) is 6.04. The highest BCUT2D eigenvalue weighted by atomic mass is 19.1. The second-order valence-electron chi connectivity index (χ2n) is 7.76. The molecule has 0 aliphatic rings. The first-order chi connectivity index (χ1) is 15.8. The van der Waals surface area contributed by atoms with Crippen LogP contribution >= 0.6 is 0 Å². The molecule has 0 aliphatic heterocycles. The van der Waals surface area contributed by atoms with Crippen LogP contribution in [0.2, 0.25) is 0 Å². The van der Waals surface area contributed by atoms with Gasteiger partial charge >= 0.3 is 0 Å². The quantitative estimate of drug-likeness (QED) is 0.582. The summed E-state index contributed by atoms with van der Waals surface area (Å²) < 4.78 is 13.1. The van der Waals surface area contributed by atoms with Crippen molar-refractivity contribution in [1.82, 2.24) is 9.80 Å². The fourth-order valence-corrected chi connectivity index (χ4v) is 3.28. The number of halogens is 1. The zero-order chi connectivity index (χ0) is 24.0. The van der Waals surface area contributed by atoms with Crippen LogP contribution in [0.1, 0.15) is 43.6 Å². The van der Waals surface area contributed by atoms with Gasteiger partial charge in [0.15, 0.2) is 0 Å². The number of carbonyl (C=O) groups excluding carboxylic acids is 3. The molecule has 3 amide bonds. The van der Waals surface area contributed by atoms with Gasteiger partial charge in [-0.3, -0.25) is 14.4 Å². The first-order valence-electron chi connectivity index (χ1n) is 10.6. The Labute approximate surface area is 192 Å². The second-order valence-corrected chi connectivity index (χ2v) is 7.76. The van der Waals surface area contributed by atoms with Gasteiger partial charge in [0, 0.05) is 49.6 Å². The molecule has 6 nitrogen and oxygen atoms in total. The zero-order valence-electron chi connectivity index (χ0n) is 18.8. The smallest absolute Gasteiger partial charge is 0.255 e. The third-order valence-electron chi connectivity index (χ3n) is 5.12. The van der Waals surface area contributed by atoms with E-state index in [0.717, 1.165) is 5.56 Å². The van der Waals surface area contributed by atoms with Crippen molar-refractivity contribution in [3.8, 4) is 0 Å². The Balaban J connectivity index is 1.70. The number of rotatable bonds is 7. The zero-order valence-corrected chi connectivity index (χ0v) is 18.8. The van der Waals surface area contributed by atoms with Crippen molar-refractivity contribution in [2.75, 3.05) is 26.0 Å². The van der Waals surface area contributed by atoms with Gasteiger partial charge in [0.2, 0.25) is 0 Å². The number of anilines is 1. The summed E-state index contributed by atoms with van der Waals surface area (Å²) in [6, 6.07) is 19.1. The average Bonchev–Trinajstić information content (AvgIpc) is 2.82. The Bertz CT molecular complexity index is 1140. The summed E-state index contributed by atoms with van der Waals surface area (Å²) in [4.78, 5) is 40.8. The lowest BCUT2D eigenvalue weighted by Gasteiger charge is -2.22. The van der Waals surface area contributed by atoms with E-state index >= 15 is 0 Å². The van der Waals surface area contributed by atoms with Crippen molar-refractivity contribution in [1.29, 1.82) is 0 Å². The predicted molar refractivity (Wildman–Crippen MR) is 126 cm³/mol. The lowest BCUT2D eigenvalue weighted by Crippen LogP contribution is -2.30. The molecule has 0 bridgehead atoms. The minimum Gasteiger partial charge on any atom is -0.345 e. The molecule has 3 rings (SSSR count). The van der Waals surface area contributed by atoms with E-state index in [-0.39, 0.29) is 17.7 Å². The molecule has 170 valence electrons. The summed E-state index contributed by atoms with van der Waals surface area (Å²) in [5, 5.41) is 2.74. The lowest BCUT2D eigenvalue weighted by atomic mass is 10.1. The van der Waals surface area contributed by atoms with E-state index in [0.29, 0.717) is 35.5 Å². The molecular weight excluding hydrogens is 421 g/mol. The SMILES string of the molecule is CCN(Cc1ccc(C(=O)N(C)C)cc1)C(=O)c1cccc(NC(=O)c2ccc(F)cc2)c1. The van der Waals surface area contributed by atoms with Gasteiger partial charge in [-0.25, -0.2) is 4.39 Å². The first kappa shape index (κ1) is 23.7. The molecule has 3 aromatic carbocycles. The van der Waals surface area contributed by atoms with Crippen LogP contribution in [0.15, 0.2) is 72.8 Å². The van der Waals surface area contributed by atoms with Gasteiger partial charge in [-0.2, -0.15) is 0 Å². The van der Waals surface area contributed by atoms with Crippen LogP contribution in [0.3, 0.4) is 0 Å². The average molecular weight is 448 g/mol. The summed E-state index contributed by atoms with van der Waals surface area (Å²) in [6.07, 6.45) is 0. The van der Waals surface area contributed by atoms with Crippen LogP contribution in [-0.4, -0.2) is 48.2 Å². The van der Waals surface area contributed by atoms with Gasteiger partial charge in [0.05, 0.1) is 0 Å². The molecule has 0 radical (unpaired) electrons. The topological polar surface area (TPSA) is 69.7 Å². The molecule has 0 saturated carbocycles. The second kappa shape index (κ2) is 10.5. The normalized spacial score (nSPS) is 10.4. The van der Waals surface area contributed by atoms with Gasteiger partial charge in [-0.1, -0.05) is 18.2 Å². The third-order valence-corrected chi connectivity index (χ3v) is 5.12.